The maximum Gasteiger partial charge on any atom is 0.146 e. The Morgan fingerprint density at radius 3 is 2.44 bits per heavy atom. The predicted octanol–water partition coefficient (Wildman–Crippen LogP) is 0.821. The van der Waals surface area contributed by atoms with Crippen molar-refractivity contribution in [1.29, 1.82) is 0 Å². The van der Waals surface area contributed by atoms with Gasteiger partial charge in [-0.2, -0.15) is 0 Å². The van der Waals surface area contributed by atoms with E-state index in [4.69, 9.17) is 0 Å². The second-order valence-corrected chi connectivity index (χ2v) is 2.67. The Bertz CT molecular complexity index is 88.9. The van der Waals surface area contributed by atoms with Crippen molar-refractivity contribution < 1.29 is 4.79 Å². The van der Waals surface area contributed by atoms with Crippen molar-refractivity contribution in [3.63, 3.8) is 0 Å². The fourth-order valence-electron chi connectivity index (χ4n) is 0.725. The van der Waals surface area contributed by atoms with Crippen LogP contribution >= 0.6 is 0 Å². The second kappa shape index (κ2) is 4.50. The van der Waals surface area contributed by atoms with Crippen molar-refractivity contribution in [1.82, 2.24) is 5.32 Å². The summed E-state index contributed by atoms with van der Waals surface area (Å²) in [5.74, 6) is 0.790. The van der Waals surface area contributed by atoms with E-state index in [1.54, 1.807) is 7.05 Å². The summed E-state index contributed by atoms with van der Waals surface area (Å²) in [6, 6.07) is 0. The van der Waals surface area contributed by atoms with E-state index < -0.39 is 0 Å². The number of hydrogen-bond donors (Lipinski definition) is 1. The Labute approximate surface area is 56.6 Å². The van der Waals surface area contributed by atoms with Crippen LogP contribution < -0.4 is 5.32 Å². The highest BCUT2D eigenvalue weighted by molar-refractivity contribution is 5.80. The van der Waals surface area contributed by atoms with Crippen LogP contribution in [0.5, 0.6) is 0 Å². The zero-order chi connectivity index (χ0) is 7.28. The fraction of sp³-hybridized carbons (Fsp3) is 0.857. The zero-order valence-electron chi connectivity index (χ0n) is 6.40. The van der Waals surface area contributed by atoms with Crippen molar-refractivity contribution in [2.75, 3.05) is 13.6 Å². The summed E-state index contributed by atoms with van der Waals surface area (Å²) in [7, 11) is 1.79. The molecular formula is C7H15NO. The quantitative estimate of drug-likeness (QED) is 0.609. The number of Topliss-reactive ketones (excluding diaryl/α,β-unsaturated/α-hetero) is 1. The van der Waals surface area contributed by atoms with E-state index in [0.717, 1.165) is 0 Å². The van der Waals surface area contributed by atoms with Gasteiger partial charge in [0.1, 0.15) is 5.78 Å². The molecule has 0 unspecified atom stereocenters. The molecule has 0 atom stereocenters. The molecule has 0 rings (SSSR count). The normalized spacial score (nSPS) is 10.2. The van der Waals surface area contributed by atoms with Crippen LogP contribution in [0.15, 0.2) is 0 Å². The first-order valence-electron chi connectivity index (χ1n) is 3.33. The lowest BCUT2D eigenvalue weighted by Gasteiger charge is -2.01. The molecule has 0 aliphatic carbocycles. The molecule has 0 aliphatic heterocycles. The van der Waals surface area contributed by atoms with E-state index in [-0.39, 0.29) is 0 Å². The molecule has 0 aliphatic rings. The molecule has 9 heavy (non-hydrogen) atoms. The van der Waals surface area contributed by atoms with Crippen LogP contribution in [0.25, 0.3) is 0 Å². The van der Waals surface area contributed by atoms with Crippen molar-refractivity contribution in [3.05, 3.63) is 0 Å². The highest BCUT2D eigenvalue weighted by atomic mass is 16.1. The third-order valence-corrected chi connectivity index (χ3v) is 1.01. The number of rotatable bonds is 4. The van der Waals surface area contributed by atoms with Gasteiger partial charge in [0.25, 0.3) is 0 Å². The molecule has 0 aromatic carbocycles. The highest BCUT2D eigenvalue weighted by Crippen LogP contribution is 1.98. The molecule has 2 nitrogen and oxygen atoms in total. The molecule has 0 radical (unpaired) electrons. The van der Waals surface area contributed by atoms with Crippen LogP contribution in [0.3, 0.4) is 0 Å². The van der Waals surface area contributed by atoms with Crippen LogP contribution in [-0.2, 0) is 4.79 Å². The second-order valence-electron chi connectivity index (χ2n) is 2.67. The van der Waals surface area contributed by atoms with Crippen LogP contribution in [0.1, 0.15) is 20.3 Å². The van der Waals surface area contributed by atoms with Crippen molar-refractivity contribution >= 4 is 5.78 Å². The molecule has 54 valence electrons. The van der Waals surface area contributed by atoms with Crippen LogP contribution in [0.2, 0.25) is 0 Å². The van der Waals surface area contributed by atoms with E-state index in [1.807, 2.05) is 13.8 Å². The predicted molar refractivity (Wildman–Crippen MR) is 38.4 cm³/mol. The average Bonchev–Trinajstić information content (AvgIpc) is 1.63. The van der Waals surface area contributed by atoms with Gasteiger partial charge < -0.3 is 5.32 Å². The van der Waals surface area contributed by atoms with Gasteiger partial charge in [0, 0.05) is 6.42 Å². The van der Waals surface area contributed by atoms with Crippen LogP contribution in [-0.4, -0.2) is 19.4 Å². The Kier molecular flexibility index (Phi) is 4.32. The van der Waals surface area contributed by atoms with Gasteiger partial charge in [-0.3, -0.25) is 4.79 Å². The third-order valence-electron chi connectivity index (χ3n) is 1.01. The van der Waals surface area contributed by atoms with Gasteiger partial charge in [-0.25, -0.2) is 0 Å². The lowest BCUT2D eigenvalue weighted by molar-refractivity contribution is -0.118. The summed E-state index contributed by atoms with van der Waals surface area (Å²) in [6.45, 7) is 4.61. The maximum absolute atomic E-state index is 10.8. The number of carbonyl (C=O) groups is 1. The molecule has 0 aromatic heterocycles. The first-order chi connectivity index (χ1) is 4.16. The molecule has 0 saturated carbocycles. The van der Waals surface area contributed by atoms with E-state index in [0.29, 0.717) is 24.7 Å². The maximum atomic E-state index is 10.8. The molecule has 0 spiro atoms. The lowest BCUT2D eigenvalue weighted by atomic mass is 10.1. The van der Waals surface area contributed by atoms with E-state index in [9.17, 15) is 4.79 Å². The zero-order valence-corrected chi connectivity index (χ0v) is 6.40. The number of hydrogen-bond acceptors (Lipinski definition) is 2. The molecule has 0 bridgehead atoms. The molecule has 0 fully saturated rings. The summed E-state index contributed by atoms with van der Waals surface area (Å²) in [4.78, 5) is 10.8. The SMILES string of the molecule is CNCC(=O)CC(C)C. The van der Waals surface area contributed by atoms with E-state index in [1.165, 1.54) is 0 Å². The van der Waals surface area contributed by atoms with Gasteiger partial charge in [0.05, 0.1) is 6.54 Å². The summed E-state index contributed by atoms with van der Waals surface area (Å²) < 4.78 is 0. The molecule has 1 N–H and O–H groups in total. The third kappa shape index (κ3) is 5.50. The number of ketones is 1. The molecular weight excluding hydrogens is 114 g/mol. The standard InChI is InChI=1S/C7H15NO/c1-6(2)4-7(9)5-8-3/h6,8H,4-5H2,1-3H3. The fourth-order valence-corrected chi connectivity index (χ4v) is 0.725. The summed E-state index contributed by atoms with van der Waals surface area (Å²) in [5, 5.41) is 2.82. The summed E-state index contributed by atoms with van der Waals surface area (Å²) >= 11 is 0. The van der Waals surface area contributed by atoms with Gasteiger partial charge in [-0.15, -0.1) is 0 Å². The highest BCUT2D eigenvalue weighted by Gasteiger charge is 2.01. The average molecular weight is 129 g/mol. The van der Waals surface area contributed by atoms with Gasteiger partial charge >= 0.3 is 0 Å². The van der Waals surface area contributed by atoms with Gasteiger partial charge in [0.15, 0.2) is 0 Å². The molecule has 0 amide bonds. The Morgan fingerprint density at radius 2 is 2.11 bits per heavy atom. The smallest absolute Gasteiger partial charge is 0.146 e. The summed E-state index contributed by atoms with van der Waals surface area (Å²) in [6.07, 6.45) is 0.695. The molecule has 0 saturated heterocycles. The minimum absolute atomic E-state index is 0.299. The lowest BCUT2D eigenvalue weighted by Crippen LogP contribution is -2.19. The Hall–Kier alpha value is -0.370. The first kappa shape index (κ1) is 8.63. The monoisotopic (exact) mass is 129 g/mol. The number of likely N-dealkylation sites (N-methyl/N-ethyl adjacent to an activating group) is 1. The van der Waals surface area contributed by atoms with Gasteiger partial charge in [0.2, 0.25) is 0 Å². The van der Waals surface area contributed by atoms with Crippen molar-refractivity contribution in [2.24, 2.45) is 5.92 Å². The van der Waals surface area contributed by atoms with Crippen LogP contribution in [0.4, 0.5) is 0 Å². The van der Waals surface area contributed by atoms with Crippen molar-refractivity contribution in [3.8, 4) is 0 Å². The van der Waals surface area contributed by atoms with Crippen molar-refractivity contribution in [2.45, 2.75) is 20.3 Å². The van der Waals surface area contributed by atoms with Gasteiger partial charge in [-0.05, 0) is 13.0 Å². The topological polar surface area (TPSA) is 29.1 Å². The van der Waals surface area contributed by atoms with Crippen LogP contribution in [0, 0.1) is 5.92 Å². The Morgan fingerprint density at radius 1 is 1.56 bits per heavy atom. The minimum Gasteiger partial charge on any atom is -0.313 e. The largest absolute Gasteiger partial charge is 0.313 e. The number of carbonyl (C=O) groups excluding carboxylic acids is 1. The summed E-state index contributed by atoms with van der Waals surface area (Å²) in [5.41, 5.74) is 0. The molecule has 0 aromatic rings. The van der Waals surface area contributed by atoms with E-state index >= 15 is 0 Å². The molecule has 2 heteroatoms. The Balaban J connectivity index is 3.27. The van der Waals surface area contributed by atoms with Gasteiger partial charge in [-0.1, -0.05) is 13.8 Å². The molecule has 0 heterocycles. The first-order valence-corrected chi connectivity index (χ1v) is 3.33. The van der Waals surface area contributed by atoms with E-state index in [2.05, 4.69) is 5.32 Å². The minimum atomic E-state index is 0.299. The number of nitrogens with one attached hydrogen (secondary N) is 1.